The van der Waals surface area contributed by atoms with E-state index in [9.17, 15) is 19.2 Å². The topological polar surface area (TPSA) is 97.1 Å². The number of hydrogen-bond acceptors (Lipinski definition) is 5. The van der Waals surface area contributed by atoms with Gasteiger partial charge in [-0.3, -0.25) is 13.9 Å². The first kappa shape index (κ1) is 18.9. The molecule has 8 heteroatoms. The smallest absolute Gasteiger partial charge is 0.332 e. The molecule has 142 valence electrons. The van der Waals surface area contributed by atoms with Gasteiger partial charge >= 0.3 is 5.69 Å². The van der Waals surface area contributed by atoms with Crippen LogP contribution in [0.1, 0.15) is 30.9 Å². The Balaban J connectivity index is 2.14. The molecule has 1 unspecified atom stereocenters. The molecule has 2 aromatic rings. The third-order valence-corrected chi connectivity index (χ3v) is 4.95. The highest BCUT2D eigenvalue weighted by Crippen LogP contribution is 2.24. The lowest BCUT2D eigenvalue weighted by atomic mass is 9.92. The molecule has 2 N–H and O–H groups in total. The number of hydrogen-bond donors (Lipinski definition) is 1. The van der Waals surface area contributed by atoms with Gasteiger partial charge in [0.15, 0.2) is 0 Å². The highest BCUT2D eigenvalue weighted by molar-refractivity contribution is 5.43. The van der Waals surface area contributed by atoms with E-state index >= 15 is 0 Å². The van der Waals surface area contributed by atoms with Crippen molar-refractivity contribution < 1.29 is 4.39 Å². The van der Waals surface area contributed by atoms with E-state index in [0.717, 1.165) is 17.4 Å². The van der Waals surface area contributed by atoms with Crippen molar-refractivity contribution in [3.8, 4) is 6.07 Å². The van der Waals surface area contributed by atoms with E-state index in [4.69, 9.17) is 5.73 Å². The van der Waals surface area contributed by atoms with Crippen LogP contribution in [0.25, 0.3) is 0 Å². The number of nitrogens with two attached hydrogens (primary N) is 1. The Kier molecular flexibility index (Phi) is 4.89. The maximum absolute atomic E-state index is 13.7. The zero-order chi connectivity index (χ0) is 19.8. The van der Waals surface area contributed by atoms with Crippen LogP contribution in [0.3, 0.4) is 0 Å². The van der Waals surface area contributed by atoms with Crippen LogP contribution in [0, 0.1) is 17.1 Å². The van der Waals surface area contributed by atoms with E-state index in [1.807, 2.05) is 17.9 Å². The molecule has 1 atom stereocenters. The van der Waals surface area contributed by atoms with Gasteiger partial charge in [-0.25, -0.2) is 9.18 Å². The summed E-state index contributed by atoms with van der Waals surface area (Å²) < 4.78 is 16.1. The summed E-state index contributed by atoms with van der Waals surface area (Å²) in [5.41, 5.74) is 5.57. The fourth-order valence-electron chi connectivity index (χ4n) is 3.51. The minimum Gasteiger partial charge on any atom is -0.356 e. The molecule has 1 aromatic carbocycles. The molecule has 1 aliphatic heterocycles. The second-order valence-corrected chi connectivity index (χ2v) is 7.36. The number of halogens is 1. The molecule has 0 saturated carbocycles. The van der Waals surface area contributed by atoms with E-state index in [-0.39, 0.29) is 12.1 Å². The molecule has 0 amide bonds. The molecular formula is C19H22FN5O2. The molecule has 7 nitrogen and oxygen atoms in total. The van der Waals surface area contributed by atoms with E-state index in [0.29, 0.717) is 24.5 Å². The van der Waals surface area contributed by atoms with E-state index in [2.05, 4.69) is 0 Å². The van der Waals surface area contributed by atoms with Crippen LogP contribution in [0.2, 0.25) is 0 Å². The number of benzene rings is 1. The third kappa shape index (κ3) is 3.78. The van der Waals surface area contributed by atoms with E-state index < -0.39 is 22.6 Å². The van der Waals surface area contributed by atoms with E-state index in [1.54, 1.807) is 0 Å². The van der Waals surface area contributed by atoms with Crippen molar-refractivity contribution in [2.45, 2.75) is 31.8 Å². The number of rotatable bonds is 3. The van der Waals surface area contributed by atoms with Gasteiger partial charge in [0.2, 0.25) is 0 Å². The van der Waals surface area contributed by atoms with Crippen LogP contribution < -0.4 is 21.9 Å². The fraction of sp³-hybridized carbons (Fsp3) is 0.421. The van der Waals surface area contributed by atoms with Crippen LogP contribution in [-0.2, 0) is 13.6 Å². The second-order valence-electron chi connectivity index (χ2n) is 7.36. The lowest BCUT2D eigenvalue weighted by Gasteiger charge is -2.39. The van der Waals surface area contributed by atoms with Crippen LogP contribution in [0.15, 0.2) is 33.9 Å². The summed E-state index contributed by atoms with van der Waals surface area (Å²) >= 11 is 0. The van der Waals surface area contributed by atoms with Gasteiger partial charge in [-0.1, -0.05) is 0 Å². The summed E-state index contributed by atoms with van der Waals surface area (Å²) in [6.45, 7) is 3.07. The van der Waals surface area contributed by atoms with Gasteiger partial charge in [-0.15, -0.1) is 0 Å². The maximum atomic E-state index is 13.7. The standard InChI is InChI=1S/C19H22FN5O2/c1-19(22)6-3-7-24(12-19)16-9-17(26)23(2)18(27)25(16)11-14-8-15(20)5-4-13(14)10-21/h4-5,8-9H,3,6-7,11-12,22H2,1-2H3. The summed E-state index contributed by atoms with van der Waals surface area (Å²) in [5, 5.41) is 9.30. The van der Waals surface area contributed by atoms with E-state index in [1.165, 1.54) is 35.9 Å². The Morgan fingerprint density at radius 2 is 2.07 bits per heavy atom. The van der Waals surface area contributed by atoms with Crippen molar-refractivity contribution in [3.63, 3.8) is 0 Å². The summed E-state index contributed by atoms with van der Waals surface area (Å²) in [6.07, 6.45) is 1.68. The molecule has 3 rings (SSSR count). The van der Waals surface area contributed by atoms with Gasteiger partial charge in [0.1, 0.15) is 11.6 Å². The summed E-state index contributed by atoms with van der Waals surface area (Å²) in [7, 11) is 1.39. The predicted molar refractivity (Wildman–Crippen MR) is 100 cm³/mol. The highest BCUT2D eigenvalue weighted by Gasteiger charge is 2.29. The number of nitrogens with zero attached hydrogens (tertiary/aromatic N) is 4. The number of anilines is 1. The Morgan fingerprint density at radius 3 is 2.74 bits per heavy atom. The first-order valence-corrected chi connectivity index (χ1v) is 8.75. The van der Waals surface area contributed by atoms with Gasteiger partial charge in [0, 0.05) is 31.7 Å². The second kappa shape index (κ2) is 7.00. The lowest BCUT2D eigenvalue weighted by Crippen LogP contribution is -2.54. The lowest BCUT2D eigenvalue weighted by molar-refractivity contribution is 0.370. The van der Waals surface area contributed by atoms with Crippen molar-refractivity contribution in [1.29, 1.82) is 5.26 Å². The zero-order valence-corrected chi connectivity index (χ0v) is 15.4. The maximum Gasteiger partial charge on any atom is 0.332 e. The number of piperidine rings is 1. The molecule has 0 aliphatic carbocycles. The monoisotopic (exact) mass is 371 g/mol. The minimum atomic E-state index is -0.519. The minimum absolute atomic E-state index is 0.0132. The van der Waals surface area contributed by atoms with Crippen molar-refractivity contribution >= 4 is 5.82 Å². The van der Waals surface area contributed by atoms with Crippen molar-refractivity contribution in [1.82, 2.24) is 9.13 Å². The number of aromatic nitrogens is 2. The van der Waals surface area contributed by atoms with Crippen LogP contribution in [0.4, 0.5) is 10.2 Å². The molecule has 0 radical (unpaired) electrons. The normalized spacial score (nSPS) is 19.7. The first-order valence-electron chi connectivity index (χ1n) is 8.75. The molecule has 27 heavy (non-hydrogen) atoms. The molecule has 0 spiro atoms. The van der Waals surface area contributed by atoms with Gasteiger partial charge in [0.05, 0.1) is 18.2 Å². The largest absolute Gasteiger partial charge is 0.356 e. The summed E-state index contributed by atoms with van der Waals surface area (Å²) in [5.74, 6) is -0.0523. The average molecular weight is 371 g/mol. The molecule has 2 heterocycles. The molecule has 1 saturated heterocycles. The predicted octanol–water partition coefficient (Wildman–Crippen LogP) is 0.924. The first-order chi connectivity index (χ1) is 12.7. The van der Waals surface area contributed by atoms with Crippen molar-refractivity contribution in [3.05, 3.63) is 62.0 Å². The molecule has 1 fully saturated rings. The van der Waals surface area contributed by atoms with Gasteiger partial charge in [0.25, 0.3) is 5.56 Å². The van der Waals surface area contributed by atoms with Gasteiger partial charge in [-0.2, -0.15) is 5.26 Å². The van der Waals surface area contributed by atoms with Crippen molar-refractivity contribution in [2.75, 3.05) is 18.0 Å². The molecule has 1 aliphatic rings. The SMILES string of the molecule is Cn1c(=O)cc(N2CCCC(C)(N)C2)n(Cc2cc(F)ccc2C#N)c1=O. The zero-order valence-electron chi connectivity index (χ0n) is 15.4. The van der Waals surface area contributed by atoms with Crippen LogP contribution in [0.5, 0.6) is 0 Å². The van der Waals surface area contributed by atoms with Gasteiger partial charge in [-0.05, 0) is 43.5 Å². The van der Waals surface area contributed by atoms with Crippen LogP contribution >= 0.6 is 0 Å². The van der Waals surface area contributed by atoms with Gasteiger partial charge < -0.3 is 10.6 Å². The third-order valence-electron chi connectivity index (χ3n) is 4.95. The summed E-state index contributed by atoms with van der Waals surface area (Å²) in [6, 6.07) is 7.24. The van der Waals surface area contributed by atoms with Crippen molar-refractivity contribution in [2.24, 2.45) is 12.8 Å². The fourth-order valence-corrected chi connectivity index (χ4v) is 3.51. The quantitative estimate of drug-likeness (QED) is 0.865. The Labute approximate surface area is 156 Å². The molecule has 1 aromatic heterocycles. The number of nitriles is 1. The summed E-state index contributed by atoms with van der Waals surface area (Å²) in [4.78, 5) is 26.9. The molecular weight excluding hydrogens is 349 g/mol. The average Bonchev–Trinajstić information content (AvgIpc) is 2.61. The Morgan fingerprint density at radius 1 is 1.33 bits per heavy atom. The Bertz CT molecular complexity index is 1030. The van der Waals surface area contributed by atoms with Crippen LogP contribution in [-0.4, -0.2) is 27.8 Å². The molecule has 0 bridgehead atoms. The highest BCUT2D eigenvalue weighted by atomic mass is 19.1. The Hall–Kier alpha value is -2.92.